The molecule has 0 fully saturated rings. The summed E-state index contributed by atoms with van der Waals surface area (Å²) in [7, 11) is 0. The van der Waals surface area contributed by atoms with E-state index in [1.807, 2.05) is 0 Å². The molecule has 0 spiro atoms. The Morgan fingerprint density at radius 2 is 2.21 bits per heavy atom. The van der Waals surface area contributed by atoms with Crippen LogP contribution in [0.25, 0.3) is 0 Å². The fourth-order valence-electron chi connectivity index (χ4n) is 2.21. The quantitative estimate of drug-likeness (QED) is 0.473. The molecule has 19 heavy (non-hydrogen) atoms. The maximum atomic E-state index is 12.8. The number of hydrogen-bond donors (Lipinski definition) is 0. The fraction of sp³-hybridized carbons (Fsp3) is 0.333. The molecule has 0 amide bonds. The summed E-state index contributed by atoms with van der Waals surface area (Å²) in [6, 6.07) is 2.46. The van der Waals surface area contributed by atoms with E-state index >= 15 is 0 Å². The largest absolute Gasteiger partial charge is 0.434 e. The summed E-state index contributed by atoms with van der Waals surface area (Å²) >= 11 is 0. The maximum absolute atomic E-state index is 12.8. The number of Topliss-reactive ketones (excluding diaryl/α,β-unsaturated/α-hetero) is 1. The van der Waals surface area contributed by atoms with E-state index in [0.29, 0.717) is 5.56 Å². The van der Waals surface area contributed by atoms with Crippen LogP contribution in [0.3, 0.4) is 0 Å². The summed E-state index contributed by atoms with van der Waals surface area (Å²) in [4.78, 5) is 25.5. The molecule has 1 aliphatic heterocycles. The number of ether oxygens (including phenoxy) is 1. The number of pyridine rings is 1. The minimum Gasteiger partial charge on any atom is -0.434 e. The molecule has 2 unspecified atom stereocenters. The minimum atomic E-state index is -1.38. The van der Waals surface area contributed by atoms with Gasteiger partial charge in [0.25, 0.3) is 0 Å². The first-order chi connectivity index (χ1) is 8.91. The van der Waals surface area contributed by atoms with Gasteiger partial charge in [0.15, 0.2) is 5.78 Å². The molecule has 6 nitrogen and oxygen atoms in total. The van der Waals surface area contributed by atoms with Crippen LogP contribution in [0.2, 0.25) is 0 Å². The van der Waals surface area contributed by atoms with Crippen LogP contribution in [0, 0.1) is 16.1 Å². The lowest BCUT2D eigenvalue weighted by Crippen LogP contribution is -2.27. The zero-order valence-electron chi connectivity index (χ0n) is 10.3. The summed E-state index contributed by atoms with van der Waals surface area (Å²) in [5.41, 5.74) is 0.611. The predicted octanol–water partition coefficient (Wildman–Crippen LogP) is 1.80. The van der Waals surface area contributed by atoms with Crippen molar-refractivity contribution in [3.63, 3.8) is 0 Å². The fourth-order valence-corrected chi connectivity index (χ4v) is 2.21. The zero-order valence-corrected chi connectivity index (χ0v) is 10.3. The number of carbonyl (C=O) groups is 1. The summed E-state index contributed by atoms with van der Waals surface area (Å²) in [5, 5.41) is 11.0. The monoisotopic (exact) mass is 266 g/mol. The highest BCUT2D eigenvalue weighted by atomic mass is 19.1. The molecule has 100 valence electrons. The molecule has 7 heteroatoms. The highest BCUT2D eigenvalue weighted by molar-refractivity contribution is 5.95. The predicted molar refractivity (Wildman–Crippen MR) is 62.2 cm³/mol. The third-order valence-corrected chi connectivity index (χ3v) is 2.97. The molecule has 0 N–H and O–H groups in total. The van der Waals surface area contributed by atoms with Crippen molar-refractivity contribution in [3.8, 4) is 0 Å². The second kappa shape index (κ2) is 4.75. The van der Waals surface area contributed by atoms with Gasteiger partial charge in [0.1, 0.15) is 11.7 Å². The van der Waals surface area contributed by atoms with Crippen molar-refractivity contribution in [3.05, 3.63) is 51.3 Å². The van der Waals surface area contributed by atoms with E-state index in [4.69, 9.17) is 4.74 Å². The van der Waals surface area contributed by atoms with Gasteiger partial charge in [-0.15, -0.1) is 0 Å². The van der Waals surface area contributed by atoms with Gasteiger partial charge in [-0.05, 0) is 25.5 Å². The van der Waals surface area contributed by atoms with Gasteiger partial charge in [-0.2, -0.15) is 4.39 Å². The van der Waals surface area contributed by atoms with Crippen LogP contribution in [-0.4, -0.2) is 21.9 Å². The Labute approximate surface area is 108 Å². The number of halogens is 1. The van der Waals surface area contributed by atoms with Crippen molar-refractivity contribution in [2.24, 2.45) is 0 Å². The molecule has 1 aromatic heterocycles. The van der Waals surface area contributed by atoms with Gasteiger partial charge in [0.2, 0.25) is 5.95 Å². The van der Waals surface area contributed by atoms with Gasteiger partial charge in [-0.25, -0.2) is 4.98 Å². The Hall–Kier alpha value is -2.31. The molecule has 0 aliphatic carbocycles. The van der Waals surface area contributed by atoms with E-state index in [0.717, 1.165) is 6.07 Å². The van der Waals surface area contributed by atoms with Gasteiger partial charge >= 0.3 is 6.23 Å². The molecule has 2 heterocycles. The highest BCUT2D eigenvalue weighted by Gasteiger charge is 2.46. The first-order valence-electron chi connectivity index (χ1n) is 5.55. The topological polar surface area (TPSA) is 82.3 Å². The van der Waals surface area contributed by atoms with Crippen molar-refractivity contribution in [1.82, 2.24) is 4.98 Å². The first kappa shape index (κ1) is 13.1. The van der Waals surface area contributed by atoms with Crippen LogP contribution in [0.5, 0.6) is 0 Å². The highest BCUT2D eigenvalue weighted by Crippen LogP contribution is 2.39. The molecule has 0 bridgehead atoms. The number of carbonyl (C=O) groups excluding carboxylic acids is 1. The second-order valence-electron chi connectivity index (χ2n) is 4.21. The second-order valence-corrected chi connectivity index (χ2v) is 4.21. The molecule has 0 saturated heterocycles. The molecular weight excluding hydrogens is 255 g/mol. The average molecular weight is 266 g/mol. The van der Waals surface area contributed by atoms with Crippen molar-refractivity contribution < 1.29 is 18.8 Å². The van der Waals surface area contributed by atoms with Crippen molar-refractivity contribution in [2.75, 3.05) is 0 Å². The van der Waals surface area contributed by atoms with Crippen molar-refractivity contribution >= 4 is 5.78 Å². The number of aromatic nitrogens is 1. The average Bonchev–Trinajstić information content (AvgIpc) is 2.68. The van der Waals surface area contributed by atoms with Gasteiger partial charge in [0, 0.05) is 6.20 Å². The van der Waals surface area contributed by atoms with Crippen LogP contribution in [0.15, 0.2) is 29.7 Å². The molecule has 2 rings (SSSR count). The molecule has 1 aromatic rings. The smallest absolute Gasteiger partial charge is 0.364 e. The normalized spacial score (nSPS) is 22.3. The Morgan fingerprint density at radius 1 is 1.53 bits per heavy atom. The number of hydrogen-bond acceptors (Lipinski definition) is 5. The maximum Gasteiger partial charge on any atom is 0.364 e. The van der Waals surface area contributed by atoms with Crippen LogP contribution in [0.1, 0.15) is 25.3 Å². The van der Waals surface area contributed by atoms with E-state index in [9.17, 15) is 19.3 Å². The van der Waals surface area contributed by atoms with Gasteiger partial charge in [-0.1, -0.05) is 6.07 Å². The number of nitrogens with zero attached hydrogens (tertiary/aromatic N) is 2. The lowest BCUT2D eigenvalue weighted by molar-refractivity contribution is -0.570. The van der Waals surface area contributed by atoms with E-state index in [2.05, 4.69) is 4.98 Å². The Kier molecular flexibility index (Phi) is 3.28. The third kappa shape index (κ3) is 2.31. The lowest BCUT2D eigenvalue weighted by atomic mass is 9.89. The first-order valence-corrected chi connectivity index (χ1v) is 5.55. The van der Waals surface area contributed by atoms with Crippen LogP contribution in [0.4, 0.5) is 4.39 Å². The Bertz CT molecular complexity index is 568. The summed E-state index contributed by atoms with van der Waals surface area (Å²) in [5.74, 6) is -1.63. The number of ketones is 1. The van der Waals surface area contributed by atoms with E-state index in [1.165, 1.54) is 26.1 Å². The van der Waals surface area contributed by atoms with Crippen molar-refractivity contribution in [1.29, 1.82) is 0 Å². The molecular formula is C12H11FN2O4. The van der Waals surface area contributed by atoms with Gasteiger partial charge < -0.3 is 4.74 Å². The molecule has 0 aromatic carbocycles. The van der Waals surface area contributed by atoms with E-state index in [-0.39, 0.29) is 17.1 Å². The number of rotatable bonds is 3. The molecule has 0 saturated carbocycles. The summed E-state index contributed by atoms with van der Waals surface area (Å²) < 4.78 is 17.9. The lowest BCUT2D eigenvalue weighted by Gasteiger charge is -2.13. The number of allylic oxidation sites excluding steroid dienone is 1. The zero-order chi connectivity index (χ0) is 14.2. The van der Waals surface area contributed by atoms with Gasteiger partial charge in [-0.3, -0.25) is 14.9 Å². The van der Waals surface area contributed by atoms with Crippen LogP contribution >= 0.6 is 0 Å². The van der Waals surface area contributed by atoms with Crippen LogP contribution in [-0.2, 0) is 9.53 Å². The minimum absolute atomic E-state index is 0.225. The Balaban J connectivity index is 2.50. The van der Waals surface area contributed by atoms with Crippen molar-refractivity contribution in [2.45, 2.75) is 26.0 Å². The summed E-state index contributed by atoms with van der Waals surface area (Å²) in [6.45, 7) is 2.82. The molecule has 0 radical (unpaired) electrons. The SMILES string of the molecule is CC(=O)C1=C(C)OC([N+](=O)[O-])C1c1ccc(F)nc1. The molecule has 2 atom stereocenters. The Morgan fingerprint density at radius 3 is 2.68 bits per heavy atom. The third-order valence-electron chi connectivity index (χ3n) is 2.97. The van der Waals surface area contributed by atoms with Gasteiger partial charge in [0.05, 0.1) is 10.5 Å². The van der Waals surface area contributed by atoms with E-state index in [1.54, 1.807) is 0 Å². The van der Waals surface area contributed by atoms with Crippen LogP contribution < -0.4 is 0 Å². The standard InChI is InChI=1S/C12H11FN2O4/c1-6(16)10-7(2)19-12(15(17)18)11(10)8-3-4-9(13)14-5-8/h3-5,11-12H,1-2H3. The van der Waals surface area contributed by atoms with E-state index < -0.39 is 23.0 Å². The number of nitro groups is 1. The molecule has 1 aliphatic rings. The summed E-state index contributed by atoms with van der Waals surface area (Å²) in [6.07, 6.45) is -0.201.